The van der Waals surface area contributed by atoms with E-state index in [2.05, 4.69) is 22.6 Å². The normalized spacial score (nSPS) is 30.3. The molecule has 1 rings (SSSR count). The maximum Gasteiger partial charge on any atom is 0.338 e. The van der Waals surface area contributed by atoms with Crippen molar-refractivity contribution in [2.75, 3.05) is 17.6 Å². The lowest BCUT2D eigenvalue weighted by Crippen LogP contribution is -2.23. The first-order valence-corrected chi connectivity index (χ1v) is 5.68. The molecule has 0 aromatic heterocycles. The van der Waals surface area contributed by atoms with E-state index >= 15 is 0 Å². The zero-order chi connectivity index (χ0) is 9.84. The molecular weight excluding hydrogens is 290 g/mol. The second-order valence-corrected chi connectivity index (χ2v) is 4.13. The molecule has 3 nitrogen and oxygen atoms in total. The van der Waals surface area contributed by atoms with Gasteiger partial charge in [-0.1, -0.05) is 22.6 Å². The number of hydrogen-bond donors (Lipinski definition) is 1. The average molecular weight is 302 g/mol. The molecule has 0 aliphatic carbocycles. The third kappa shape index (κ3) is 3.05. The molecule has 0 aromatic carbocycles. The minimum atomic E-state index is -1.74. The molecule has 3 unspecified atom stereocenters. The number of carboxylic acids is 1. The lowest BCUT2D eigenvalue weighted by molar-refractivity contribution is -0.143. The van der Waals surface area contributed by atoms with Gasteiger partial charge in [-0.2, -0.15) is 0 Å². The molecule has 0 aromatic rings. The first-order chi connectivity index (χ1) is 6.15. The van der Waals surface area contributed by atoms with Crippen molar-refractivity contribution in [2.45, 2.75) is 12.6 Å². The van der Waals surface area contributed by atoms with Crippen LogP contribution in [0.3, 0.4) is 0 Å². The SMILES string of the molecule is O=C(O)C(F)CC1COCC1CI. The van der Waals surface area contributed by atoms with Gasteiger partial charge in [0.05, 0.1) is 6.61 Å². The number of alkyl halides is 2. The van der Waals surface area contributed by atoms with Crippen LogP contribution in [-0.4, -0.2) is 34.9 Å². The fourth-order valence-electron chi connectivity index (χ4n) is 1.44. The quantitative estimate of drug-likeness (QED) is 0.632. The van der Waals surface area contributed by atoms with Crippen LogP contribution in [0.1, 0.15) is 6.42 Å². The lowest BCUT2D eigenvalue weighted by Gasteiger charge is -2.15. The van der Waals surface area contributed by atoms with E-state index in [0.29, 0.717) is 19.1 Å². The van der Waals surface area contributed by atoms with E-state index in [-0.39, 0.29) is 12.3 Å². The van der Waals surface area contributed by atoms with Gasteiger partial charge < -0.3 is 9.84 Å². The topological polar surface area (TPSA) is 46.5 Å². The molecular formula is C8H12FIO3. The predicted molar refractivity (Wildman–Crippen MR) is 53.8 cm³/mol. The van der Waals surface area contributed by atoms with Gasteiger partial charge in [0.15, 0.2) is 6.17 Å². The Morgan fingerprint density at radius 3 is 2.77 bits per heavy atom. The summed E-state index contributed by atoms with van der Waals surface area (Å²) in [4.78, 5) is 10.3. The molecule has 0 amide bonds. The molecule has 0 radical (unpaired) electrons. The first-order valence-electron chi connectivity index (χ1n) is 4.15. The summed E-state index contributed by atoms with van der Waals surface area (Å²) >= 11 is 2.22. The van der Waals surface area contributed by atoms with Crippen molar-refractivity contribution in [3.05, 3.63) is 0 Å². The molecule has 0 bridgehead atoms. The zero-order valence-electron chi connectivity index (χ0n) is 7.08. The lowest BCUT2D eigenvalue weighted by atomic mass is 9.93. The van der Waals surface area contributed by atoms with Gasteiger partial charge in [0, 0.05) is 11.0 Å². The molecule has 1 heterocycles. The van der Waals surface area contributed by atoms with E-state index in [1.54, 1.807) is 0 Å². The fraction of sp³-hybridized carbons (Fsp3) is 0.875. The van der Waals surface area contributed by atoms with Gasteiger partial charge in [-0.15, -0.1) is 0 Å². The molecule has 3 atom stereocenters. The average Bonchev–Trinajstić information content (AvgIpc) is 2.51. The minimum absolute atomic E-state index is 0.0722. The highest BCUT2D eigenvalue weighted by Crippen LogP contribution is 2.27. The van der Waals surface area contributed by atoms with Crippen LogP contribution >= 0.6 is 22.6 Å². The standard InChI is InChI=1S/C8H12FIO3/c9-7(8(11)12)1-5-3-13-4-6(5)2-10/h5-7H,1-4H2,(H,11,12). The Balaban J connectivity index is 2.39. The van der Waals surface area contributed by atoms with Crippen molar-refractivity contribution in [3.63, 3.8) is 0 Å². The third-order valence-electron chi connectivity index (χ3n) is 2.31. The number of ether oxygens (including phenoxy) is 1. The highest BCUT2D eigenvalue weighted by atomic mass is 127. The summed E-state index contributed by atoms with van der Waals surface area (Å²) in [5, 5.41) is 8.38. The highest BCUT2D eigenvalue weighted by Gasteiger charge is 2.31. The largest absolute Gasteiger partial charge is 0.479 e. The Kier molecular flexibility index (Phi) is 4.37. The van der Waals surface area contributed by atoms with Crippen molar-refractivity contribution in [2.24, 2.45) is 11.8 Å². The Labute approximate surface area is 89.8 Å². The maximum absolute atomic E-state index is 12.8. The Morgan fingerprint density at radius 2 is 2.23 bits per heavy atom. The van der Waals surface area contributed by atoms with Gasteiger partial charge in [0.25, 0.3) is 0 Å². The number of hydrogen-bond acceptors (Lipinski definition) is 2. The van der Waals surface area contributed by atoms with Crippen LogP contribution in [0.2, 0.25) is 0 Å². The Hall–Kier alpha value is 0.0900. The number of carbonyl (C=O) groups is 1. The number of aliphatic carboxylic acids is 1. The van der Waals surface area contributed by atoms with Crippen LogP contribution in [0.4, 0.5) is 4.39 Å². The van der Waals surface area contributed by atoms with Gasteiger partial charge >= 0.3 is 5.97 Å². The van der Waals surface area contributed by atoms with Crippen molar-refractivity contribution in [1.82, 2.24) is 0 Å². The monoisotopic (exact) mass is 302 g/mol. The second kappa shape index (κ2) is 5.09. The molecule has 1 saturated heterocycles. The van der Waals surface area contributed by atoms with Crippen LogP contribution in [0, 0.1) is 11.8 Å². The molecule has 76 valence electrons. The molecule has 5 heteroatoms. The van der Waals surface area contributed by atoms with Crippen LogP contribution in [0.25, 0.3) is 0 Å². The molecule has 1 N–H and O–H groups in total. The van der Waals surface area contributed by atoms with Crippen molar-refractivity contribution in [1.29, 1.82) is 0 Å². The maximum atomic E-state index is 12.8. The van der Waals surface area contributed by atoms with Crippen LogP contribution in [0.5, 0.6) is 0 Å². The first kappa shape index (κ1) is 11.2. The van der Waals surface area contributed by atoms with Crippen LogP contribution in [-0.2, 0) is 9.53 Å². The zero-order valence-corrected chi connectivity index (χ0v) is 9.24. The smallest absolute Gasteiger partial charge is 0.338 e. The van der Waals surface area contributed by atoms with E-state index in [4.69, 9.17) is 9.84 Å². The summed E-state index contributed by atoms with van der Waals surface area (Å²) in [6.45, 7) is 1.14. The highest BCUT2D eigenvalue weighted by molar-refractivity contribution is 14.1. The third-order valence-corrected chi connectivity index (χ3v) is 3.44. The second-order valence-electron chi connectivity index (χ2n) is 3.25. The number of carboxylic acid groups (broad SMARTS) is 1. The summed E-state index contributed by atoms with van der Waals surface area (Å²) in [7, 11) is 0. The summed E-state index contributed by atoms with van der Waals surface area (Å²) in [5.74, 6) is -0.972. The van der Waals surface area contributed by atoms with Crippen molar-refractivity contribution >= 4 is 28.6 Å². The molecule has 1 aliphatic heterocycles. The Bertz CT molecular complexity index is 188. The molecule has 0 spiro atoms. The van der Waals surface area contributed by atoms with Gasteiger partial charge in [0.1, 0.15) is 0 Å². The van der Waals surface area contributed by atoms with Gasteiger partial charge in [0.2, 0.25) is 0 Å². The minimum Gasteiger partial charge on any atom is -0.479 e. The van der Waals surface area contributed by atoms with E-state index in [1.807, 2.05) is 0 Å². The van der Waals surface area contributed by atoms with E-state index in [0.717, 1.165) is 4.43 Å². The molecule has 0 saturated carbocycles. The van der Waals surface area contributed by atoms with Crippen molar-refractivity contribution in [3.8, 4) is 0 Å². The number of halogens is 2. The van der Waals surface area contributed by atoms with Crippen molar-refractivity contribution < 1.29 is 19.0 Å². The summed E-state index contributed by atoms with van der Waals surface area (Å²) in [6, 6.07) is 0. The summed E-state index contributed by atoms with van der Waals surface area (Å²) in [5.41, 5.74) is 0. The van der Waals surface area contributed by atoms with Gasteiger partial charge in [-0.05, 0) is 18.3 Å². The summed E-state index contributed by atoms with van der Waals surface area (Å²) in [6.07, 6.45) is -1.65. The molecule has 13 heavy (non-hydrogen) atoms. The fourth-order valence-corrected chi connectivity index (χ4v) is 2.41. The molecule has 1 fully saturated rings. The van der Waals surface area contributed by atoms with Crippen LogP contribution < -0.4 is 0 Å². The number of rotatable bonds is 4. The summed E-state index contributed by atoms with van der Waals surface area (Å²) < 4.78 is 18.9. The van der Waals surface area contributed by atoms with Gasteiger partial charge in [-0.25, -0.2) is 9.18 Å². The van der Waals surface area contributed by atoms with Gasteiger partial charge in [-0.3, -0.25) is 0 Å². The van der Waals surface area contributed by atoms with E-state index in [1.165, 1.54) is 0 Å². The Morgan fingerprint density at radius 1 is 1.62 bits per heavy atom. The van der Waals surface area contributed by atoms with E-state index in [9.17, 15) is 9.18 Å². The molecule has 1 aliphatic rings. The predicted octanol–water partition coefficient (Wildman–Crippen LogP) is 1.50. The van der Waals surface area contributed by atoms with E-state index < -0.39 is 12.1 Å². The van der Waals surface area contributed by atoms with Crippen LogP contribution in [0.15, 0.2) is 0 Å².